The topological polar surface area (TPSA) is 92.5 Å². The summed E-state index contributed by atoms with van der Waals surface area (Å²) in [4.78, 5) is 12.9. The Morgan fingerprint density at radius 1 is 1.06 bits per heavy atom. The quantitative estimate of drug-likeness (QED) is 0.427. The van der Waals surface area contributed by atoms with Crippen LogP contribution >= 0.6 is 15.9 Å². The third-order valence-electron chi connectivity index (χ3n) is 6.14. The molecule has 184 valence electrons. The minimum absolute atomic E-state index is 0.0762. The Balaban J connectivity index is 1.45. The highest BCUT2D eigenvalue weighted by molar-refractivity contribution is 9.10. The van der Waals surface area contributed by atoms with E-state index in [0.29, 0.717) is 24.2 Å². The number of carbonyl (C=O) groups is 1. The van der Waals surface area contributed by atoms with Crippen LogP contribution in [0.3, 0.4) is 0 Å². The molecule has 0 bridgehead atoms. The SMILES string of the molecule is Cc1ccc(/C=C/c2onc(C)c2S(=O)(=O)N2CCC(C(=O)Nc3ccc(C)cc3Br)CC2)cc1. The summed E-state index contributed by atoms with van der Waals surface area (Å²) in [5, 5.41) is 6.86. The first-order chi connectivity index (χ1) is 16.6. The van der Waals surface area contributed by atoms with Gasteiger partial charge in [0, 0.05) is 23.5 Å². The molecule has 1 N–H and O–H groups in total. The van der Waals surface area contributed by atoms with Gasteiger partial charge >= 0.3 is 0 Å². The second kappa shape index (κ2) is 10.5. The second-order valence-corrected chi connectivity index (χ2v) is 11.6. The fourth-order valence-electron chi connectivity index (χ4n) is 4.09. The monoisotopic (exact) mass is 557 g/mol. The normalized spacial score (nSPS) is 15.5. The van der Waals surface area contributed by atoms with Gasteiger partial charge in [-0.15, -0.1) is 0 Å². The van der Waals surface area contributed by atoms with Crippen LogP contribution in [0.15, 0.2) is 56.4 Å². The molecule has 0 radical (unpaired) electrons. The maximum atomic E-state index is 13.5. The lowest BCUT2D eigenvalue weighted by Crippen LogP contribution is -2.41. The van der Waals surface area contributed by atoms with Crippen molar-refractivity contribution in [1.82, 2.24) is 9.46 Å². The van der Waals surface area contributed by atoms with Crippen molar-refractivity contribution in [3.8, 4) is 0 Å². The highest BCUT2D eigenvalue weighted by Gasteiger charge is 2.36. The summed E-state index contributed by atoms with van der Waals surface area (Å²) in [6.45, 7) is 6.11. The Morgan fingerprint density at radius 3 is 2.37 bits per heavy atom. The van der Waals surface area contributed by atoms with E-state index in [4.69, 9.17) is 4.52 Å². The molecule has 2 heterocycles. The van der Waals surface area contributed by atoms with Crippen molar-refractivity contribution >= 4 is 49.7 Å². The van der Waals surface area contributed by atoms with Gasteiger partial charge in [-0.25, -0.2) is 8.42 Å². The molecule has 0 atom stereocenters. The number of hydrogen-bond donors (Lipinski definition) is 1. The third-order valence-corrected chi connectivity index (χ3v) is 8.86. The van der Waals surface area contributed by atoms with Crippen LogP contribution < -0.4 is 5.32 Å². The van der Waals surface area contributed by atoms with E-state index in [2.05, 4.69) is 26.4 Å². The molecule has 3 aromatic rings. The van der Waals surface area contributed by atoms with E-state index >= 15 is 0 Å². The van der Waals surface area contributed by atoms with Gasteiger partial charge in [0.15, 0.2) is 10.7 Å². The van der Waals surface area contributed by atoms with Gasteiger partial charge in [-0.1, -0.05) is 47.1 Å². The second-order valence-electron chi connectivity index (χ2n) is 8.86. The van der Waals surface area contributed by atoms with Gasteiger partial charge in [-0.2, -0.15) is 4.31 Å². The molecule has 9 heteroatoms. The van der Waals surface area contributed by atoms with Crippen LogP contribution in [-0.4, -0.2) is 36.9 Å². The third kappa shape index (κ3) is 5.74. The molecule has 35 heavy (non-hydrogen) atoms. The smallest absolute Gasteiger partial charge is 0.248 e. The number of amides is 1. The first kappa shape index (κ1) is 25.3. The first-order valence-corrected chi connectivity index (χ1v) is 13.7. The highest BCUT2D eigenvalue weighted by Crippen LogP contribution is 2.30. The zero-order valence-electron chi connectivity index (χ0n) is 19.9. The molecule has 0 unspecified atom stereocenters. The number of piperidine rings is 1. The summed E-state index contributed by atoms with van der Waals surface area (Å²) in [6.07, 6.45) is 4.32. The van der Waals surface area contributed by atoms with Crippen LogP contribution in [0.5, 0.6) is 0 Å². The molecule has 1 aliphatic heterocycles. The fraction of sp³-hybridized carbons (Fsp3) is 0.308. The van der Waals surface area contributed by atoms with Crippen LogP contribution in [-0.2, 0) is 14.8 Å². The molecule has 1 amide bonds. The van der Waals surface area contributed by atoms with Gasteiger partial charge in [0.05, 0.1) is 5.69 Å². The molecule has 1 fully saturated rings. The predicted molar refractivity (Wildman–Crippen MR) is 140 cm³/mol. The zero-order chi connectivity index (χ0) is 25.2. The molecule has 2 aromatic carbocycles. The average molecular weight is 558 g/mol. The average Bonchev–Trinajstić information content (AvgIpc) is 3.21. The van der Waals surface area contributed by atoms with Gasteiger partial charge < -0.3 is 9.84 Å². The van der Waals surface area contributed by atoms with Crippen molar-refractivity contribution in [2.45, 2.75) is 38.5 Å². The zero-order valence-corrected chi connectivity index (χ0v) is 22.3. The molecule has 4 rings (SSSR count). The van der Waals surface area contributed by atoms with Crippen molar-refractivity contribution in [3.05, 3.63) is 75.1 Å². The molecule has 1 aliphatic rings. The Labute approximate surface area is 214 Å². The van der Waals surface area contributed by atoms with Gasteiger partial charge in [0.25, 0.3) is 0 Å². The Kier molecular flexibility index (Phi) is 7.59. The van der Waals surface area contributed by atoms with E-state index in [1.165, 1.54) is 4.31 Å². The Bertz CT molecular complexity index is 1360. The number of sulfonamides is 1. The van der Waals surface area contributed by atoms with Crippen molar-refractivity contribution in [1.29, 1.82) is 0 Å². The largest absolute Gasteiger partial charge is 0.355 e. The molecule has 0 aliphatic carbocycles. The summed E-state index contributed by atoms with van der Waals surface area (Å²) in [5.74, 6) is -0.166. The van der Waals surface area contributed by atoms with Gasteiger partial charge in [-0.3, -0.25) is 4.79 Å². The number of nitrogens with one attached hydrogen (secondary N) is 1. The molecular formula is C26H28BrN3O4S. The van der Waals surface area contributed by atoms with E-state index in [1.54, 1.807) is 19.1 Å². The van der Waals surface area contributed by atoms with E-state index in [1.807, 2.05) is 56.3 Å². The van der Waals surface area contributed by atoms with E-state index in [0.717, 1.165) is 21.2 Å². The Hall–Kier alpha value is -2.75. The lowest BCUT2D eigenvalue weighted by molar-refractivity contribution is -0.120. The van der Waals surface area contributed by atoms with Crippen molar-refractivity contribution < 1.29 is 17.7 Å². The summed E-state index contributed by atoms with van der Waals surface area (Å²) < 4.78 is 34.5. The lowest BCUT2D eigenvalue weighted by atomic mass is 9.97. The number of benzene rings is 2. The number of aryl methyl sites for hydroxylation is 3. The predicted octanol–water partition coefficient (Wildman–Crippen LogP) is 5.57. The lowest BCUT2D eigenvalue weighted by Gasteiger charge is -2.30. The van der Waals surface area contributed by atoms with Crippen LogP contribution in [0.4, 0.5) is 5.69 Å². The molecule has 1 aromatic heterocycles. The minimum atomic E-state index is -3.82. The van der Waals surface area contributed by atoms with Gasteiger partial charge in [0.1, 0.15) is 5.69 Å². The number of carbonyl (C=O) groups excluding carboxylic acids is 1. The van der Waals surface area contributed by atoms with Gasteiger partial charge in [-0.05, 0) is 78.9 Å². The Morgan fingerprint density at radius 2 is 1.71 bits per heavy atom. The van der Waals surface area contributed by atoms with Crippen LogP contribution in [0.1, 0.15) is 41.0 Å². The molecular weight excluding hydrogens is 530 g/mol. The van der Waals surface area contributed by atoms with Crippen molar-refractivity contribution in [2.75, 3.05) is 18.4 Å². The minimum Gasteiger partial charge on any atom is -0.355 e. The number of hydrogen-bond acceptors (Lipinski definition) is 5. The first-order valence-electron chi connectivity index (χ1n) is 11.4. The molecule has 0 spiro atoms. The summed E-state index contributed by atoms with van der Waals surface area (Å²) in [5.41, 5.74) is 4.19. The molecule has 7 nitrogen and oxygen atoms in total. The van der Waals surface area contributed by atoms with E-state index < -0.39 is 10.0 Å². The van der Waals surface area contributed by atoms with E-state index in [-0.39, 0.29) is 35.6 Å². The maximum absolute atomic E-state index is 13.5. The molecule has 0 saturated carbocycles. The summed E-state index contributed by atoms with van der Waals surface area (Å²) >= 11 is 3.48. The number of aromatic nitrogens is 1. The van der Waals surface area contributed by atoms with Crippen LogP contribution in [0.25, 0.3) is 12.2 Å². The van der Waals surface area contributed by atoms with Crippen molar-refractivity contribution in [3.63, 3.8) is 0 Å². The van der Waals surface area contributed by atoms with Gasteiger partial charge in [0.2, 0.25) is 15.9 Å². The number of nitrogens with zero attached hydrogens (tertiary/aromatic N) is 2. The molecule has 1 saturated heterocycles. The number of halogens is 1. The summed E-state index contributed by atoms with van der Waals surface area (Å²) in [7, 11) is -3.82. The van der Waals surface area contributed by atoms with Crippen molar-refractivity contribution in [2.24, 2.45) is 5.92 Å². The number of rotatable bonds is 6. The van der Waals surface area contributed by atoms with E-state index in [9.17, 15) is 13.2 Å². The standard InChI is InChI=1S/C26H28BrN3O4S/c1-17-4-7-20(8-5-17)9-11-24-25(19(3)29-34-24)35(32,33)30-14-12-21(13-15-30)26(31)28-23-10-6-18(2)16-22(23)27/h4-11,16,21H,12-15H2,1-3H3,(H,28,31)/b11-9+. The number of anilines is 1. The van der Waals surface area contributed by atoms with Crippen LogP contribution in [0.2, 0.25) is 0 Å². The van der Waals surface area contributed by atoms with Crippen LogP contribution in [0, 0.1) is 26.7 Å². The highest BCUT2D eigenvalue weighted by atomic mass is 79.9. The maximum Gasteiger partial charge on any atom is 0.248 e. The fourth-order valence-corrected chi connectivity index (χ4v) is 6.40. The summed E-state index contributed by atoms with van der Waals surface area (Å²) in [6, 6.07) is 13.6.